The maximum Gasteiger partial charge on any atom is 0.264 e. The van der Waals surface area contributed by atoms with Crippen LogP contribution in [0.4, 0.5) is 17.1 Å². The number of hydrogen-bond donors (Lipinski definition) is 2. The third kappa shape index (κ3) is 6.97. The van der Waals surface area contributed by atoms with E-state index in [1.54, 1.807) is 48.5 Å². The second-order valence-electron chi connectivity index (χ2n) is 8.91. The summed E-state index contributed by atoms with van der Waals surface area (Å²) in [6.07, 6.45) is 0. The van der Waals surface area contributed by atoms with Crippen molar-refractivity contribution in [3.8, 4) is 11.5 Å². The van der Waals surface area contributed by atoms with Crippen LogP contribution in [0.25, 0.3) is 0 Å². The third-order valence-corrected chi connectivity index (χ3v) is 9.16. The van der Waals surface area contributed by atoms with E-state index in [2.05, 4.69) is 10.0 Å². The molecular formula is C29H29N3O7S2. The normalized spacial score (nSPS) is 11.4. The van der Waals surface area contributed by atoms with Crippen LogP contribution in [0.1, 0.15) is 5.56 Å². The number of carbonyl (C=O) groups is 1. The molecule has 2 N–H and O–H groups in total. The van der Waals surface area contributed by atoms with Crippen molar-refractivity contribution in [2.75, 3.05) is 35.1 Å². The van der Waals surface area contributed by atoms with Crippen LogP contribution < -0.4 is 23.8 Å². The first-order chi connectivity index (χ1) is 19.5. The zero-order valence-corrected chi connectivity index (χ0v) is 24.2. The van der Waals surface area contributed by atoms with Gasteiger partial charge in [0, 0.05) is 17.4 Å². The van der Waals surface area contributed by atoms with Gasteiger partial charge in [0.15, 0.2) is 11.5 Å². The summed E-state index contributed by atoms with van der Waals surface area (Å²) in [4.78, 5) is 13.0. The molecule has 0 heterocycles. The maximum absolute atomic E-state index is 13.7. The van der Waals surface area contributed by atoms with E-state index in [1.807, 2.05) is 13.0 Å². The molecule has 12 heteroatoms. The monoisotopic (exact) mass is 595 g/mol. The van der Waals surface area contributed by atoms with Crippen LogP contribution in [0, 0.1) is 6.92 Å². The Morgan fingerprint density at radius 3 is 2.02 bits per heavy atom. The number of methoxy groups -OCH3 is 2. The number of aryl methyl sites for hydroxylation is 1. The van der Waals surface area contributed by atoms with E-state index in [9.17, 15) is 21.6 Å². The summed E-state index contributed by atoms with van der Waals surface area (Å²) in [7, 11) is -5.23. The van der Waals surface area contributed by atoms with Crippen LogP contribution in [0.15, 0.2) is 107 Å². The van der Waals surface area contributed by atoms with E-state index >= 15 is 0 Å². The number of amides is 1. The second-order valence-corrected chi connectivity index (χ2v) is 12.5. The van der Waals surface area contributed by atoms with Gasteiger partial charge in [0.1, 0.15) is 6.54 Å². The van der Waals surface area contributed by atoms with Crippen molar-refractivity contribution in [1.82, 2.24) is 0 Å². The molecule has 4 rings (SSSR count). The van der Waals surface area contributed by atoms with Crippen molar-refractivity contribution in [2.45, 2.75) is 16.7 Å². The number of benzene rings is 4. The summed E-state index contributed by atoms with van der Waals surface area (Å²) in [5.74, 6) is -0.0561. The molecule has 0 radical (unpaired) electrons. The van der Waals surface area contributed by atoms with Gasteiger partial charge in [-0.3, -0.25) is 13.8 Å². The van der Waals surface area contributed by atoms with Gasteiger partial charge in [-0.05, 0) is 73.2 Å². The first-order valence-corrected chi connectivity index (χ1v) is 15.2. The zero-order chi connectivity index (χ0) is 29.6. The van der Waals surface area contributed by atoms with Crippen molar-refractivity contribution in [3.05, 3.63) is 103 Å². The van der Waals surface area contributed by atoms with E-state index in [0.717, 1.165) is 9.87 Å². The highest BCUT2D eigenvalue weighted by atomic mass is 32.2. The summed E-state index contributed by atoms with van der Waals surface area (Å²) in [6.45, 7) is 1.31. The van der Waals surface area contributed by atoms with Crippen molar-refractivity contribution in [3.63, 3.8) is 0 Å². The number of sulfonamides is 2. The van der Waals surface area contributed by atoms with Gasteiger partial charge in [0.2, 0.25) is 5.91 Å². The molecule has 0 fully saturated rings. The second kappa shape index (κ2) is 12.3. The van der Waals surface area contributed by atoms with Crippen LogP contribution >= 0.6 is 0 Å². The molecule has 0 aliphatic heterocycles. The van der Waals surface area contributed by atoms with Gasteiger partial charge in [0.05, 0.1) is 29.7 Å². The summed E-state index contributed by atoms with van der Waals surface area (Å²) < 4.78 is 66.9. The van der Waals surface area contributed by atoms with Crippen molar-refractivity contribution in [2.24, 2.45) is 0 Å². The van der Waals surface area contributed by atoms with Crippen LogP contribution in [-0.2, 0) is 24.8 Å². The Balaban J connectivity index is 1.54. The molecule has 0 saturated carbocycles. The fourth-order valence-corrected chi connectivity index (χ4v) is 6.47. The fraction of sp³-hybridized carbons (Fsp3) is 0.138. The molecular weight excluding hydrogens is 566 g/mol. The lowest BCUT2D eigenvalue weighted by Crippen LogP contribution is -2.38. The van der Waals surface area contributed by atoms with Gasteiger partial charge in [0.25, 0.3) is 20.0 Å². The van der Waals surface area contributed by atoms with Crippen LogP contribution in [0.2, 0.25) is 0 Å². The number of rotatable bonds is 11. The summed E-state index contributed by atoms with van der Waals surface area (Å²) in [5, 5.41) is 2.64. The minimum atomic E-state index is -4.21. The molecule has 0 atom stereocenters. The predicted molar refractivity (Wildman–Crippen MR) is 158 cm³/mol. The predicted octanol–water partition coefficient (Wildman–Crippen LogP) is 4.65. The minimum Gasteiger partial charge on any atom is -0.493 e. The molecule has 214 valence electrons. The van der Waals surface area contributed by atoms with Gasteiger partial charge >= 0.3 is 0 Å². The van der Waals surface area contributed by atoms with E-state index in [1.165, 1.54) is 56.7 Å². The minimum absolute atomic E-state index is 0.000974. The van der Waals surface area contributed by atoms with Crippen LogP contribution in [0.5, 0.6) is 11.5 Å². The summed E-state index contributed by atoms with van der Waals surface area (Å²) in [6, 6.07) is 24.9. The van der Waals surface area contributed by atoms with Crippen LogP contribution in [0.3, 0.4) is 0 Å². The highest BCUT2D eigenvalue weighted by Crippen LogP contribution is 2.32. The molecule has 0 aliphatic carbocycles. The largest absolute Gasteiger partial charge is 0.493 e. The smallest absolute Gasteiger partial charge is 0.264 e. The van der Waals surface area contributed by atoms with Crippen LogP contribution in [-0.4, -0.2) is 43.5 Å². The van der Waals surface area contributed by atoms with E-state index < -0.39 is 32.5 Å². The number of hydrogen-bond acceptors (Lipinski definition) is 7. The topological polar surface area (TPSA) is 131 Å². The fourth-order valence-electron chi connectivity index (χ4n) is 3.98. The van der Waals surface area contributed by atoms with Gasteiger partial charge in [-0.15, -0.1) is 0 Å². The average Bonchev–Trinajstić information content (AvgIpc) is 2.96. The zero-order valence-electron chi connectivity index (χ0n) is 22.6. The van der Waals surface area contributed by atoms with Crippen molar-refractivity contribution in [1.29, 1.82) is 0 Å². The van der Waals surface area contributed by atoms with Crippen molar-refractivity contribution < 1.29 is 31.1 Å². The van der Waals surface area contributed by atoms with Gasteiger partial charge in [-0.1, -0.05) is 30.3 Å². The number of para-hydroxylation sites is 1. The Hall–Kier alpha value is -4.55. The molecule has 0 unspecified atom stereocenters. The first kappa shape index (κ1) is 29.4. The Morgan fingerprint density at radius 2 is 1.39 bits per heavy atom. The lowest BCUT2D eigenvalue weighted by Gasteiger charge is -2.24. The SMILES string of the molecule is COc1ccc(S(=O)(=O)N(CC(=O)Nc2ccc(S(=O)(=O)Nc3cccc(C)c3)cc2)c2ccccc2)cc1OC. The number of nitrogens with one attached hydrogen (secondary N) is 2. The van der Waals surface area contributed by atoms with Gasteiger partial charge in [-0.25, -0.2) is 16.8 Å². The Kier molecular flexibility index (Phi) is 8.84. The lowest BCUT2D eigenvalue weighted by atomic mass is 10.2. The molecule has 41 heavy (non-hydrogen) atoms. The third-order valence-electron chi connectivity index (χ3n) is 5.99. The lowest BCUT2D eigenvalue weighted by molar-refractivity contribution is -0.114. The highest BCUT2D eigenvalue weighted by Gasteiger charge is 2.28. The number of nitrogens with zero attached hydrogens (tertiary/aromatic N) is 1. The quantitative estimate of drug-likeness (QED) is 0.258. The first-order valence-electron chi connectivity index (χ1n) is 12.3. The standard InChI is InChI=1S/C29H29N3O7S2/c1-21-8-7-9-23(18-21)31-40(34,35)25-14-12-22(13-15-25)30-29(33)20-32(24-10-5-4-6-11-24)41(36,37)26-16-17-27(38-2)28(19-26)39-3/h4-19,31H,20H2,1-3H3,(H,30,33). The highest BCUT2D eigenvalue weighted by molar-refractivity contribution is 7.93. The van der Waals surface area contributed by atoms with Gasteiger partial charge < -0.3 is 14.8 Å². The van der Waals surface area contributed by atoms with Crippen molar-refractivity contribution >= 4 is 43.0 Å². The average molecular weight is 596 g/mol. The molecule has 10 nitrogen and oxygen atoms in total. The number of carbonyl (C=O) groups excluding carboxylic acids is 1. The van der Waals surface area contributed by atoms with E-state index in [4.69, 9.17) is 9.47 Å². The molecule has 0 bridgehead atoms. The summed E-state index contributed by atoms with van der Waals surface area (Å²) in [5.41, 5.74) is 1.90. The maximum atomic E-state index is 13.7. The Bertz CT molecular complexity index is 1740. The molecule has 0 saturated heterocycles. The van der Waals surface area contributed by atoms with E-state index in [-0.39, 0.29) is 21.2 Å². The molecule has 0 spiro atoms. The molecule has 0 aromatic heterocycles. The molecule has 0 aliphatic rings. The molecule has 4 aromatic rings. The molecule has 1 amide bonds. The Morgan fingerprint density at radius 1 is 0.732 bits per heavy atom. The number of ether oxygens (including phenoxy) is 2. The Labute approximate surface area is 239 Å². The molecule has 4 aromatic carbocycles. The van der Waals surface area contributed by atoms with E-state index in [0.29, 0.717) is 17.1 Å². The van der Waals surface area contributed by atoms with Gasteiger partial charge in [-0.2, -0.15) is 0 Å². The summed E-state index contributed by atoms with van der Waals surface area (Å²) >= 11 is 0. The number of anilines is 3.